The second-order valence-electron chi connectivity index (χ2n) is 9.28. The van der Waals surface area contributed by atoms with Gasteiger partial charge in [-0.25, -0.2) is 5.06 Å². The molecule has 3 amide bonds. The summed E-state index contributed by atoms with van der Waals surface area (Å²) in [6.07, 6.45) is 10.6. The number of carbonyl (C=O) groups excluding carboxylic acids is 3. The van der Waals surface area contributed by atoms with Gasteiger partial charge in [-0.2, -0.15) is 0 Å². The van der Waals surface area contributed by atoms with Gasteiger partial charge in [0.1, 0.15) is 6.04 Å². The van der Waals surface area contributed by atoms with Crippen LogP contribution >= 0.6 is 0 Å². The van der Waals surface area contributed by atoms with Crippen molar-refractivity contribution in [3.8, 4) is 0 Å². The number of hydrogen-bond acceptors (Lipinski definition) is 4. The van der Waals surface area contributed by atoms with Crippen LogP contribution in [-0.4, -0.2) is 58.6 Å². The SMILES string of the molecule is O=CN(O)CC(CC1CCCC1)C(=O)N1CC2(CC2)C[C@H]1C(=O)NC1CC1. The Labute approximate surface area is 160 Å². The summed E-state index contributed by atoms with van der Waals surface area (Å²) >= 11 is 0. The molecule has 3 saturated carbocycles. The Kier molecular flexibility index (Phi) is 5.14. The van der Waals surface area contributed by atoms with Gasteiger partial charge in [-0.05, 0) is 49.9 Å². The Balaban J connectivity index is 1.47. The predicted molar refractivity (Wildman–Crippen MR) is 97.6 cm³/mol. The molecule has 1 aliphatic heterocycles. The zero-order valence-corrected chi connectivity index (χ0v) is 15.9. The summed E-state index contributed by atoms with van der Waals surface area (Å²) in [4.78, 5) is 38.8. The van der Waals surface area contributed by atoms with E-state index in [1.165, 1.54) is 12.8 Å². The molecule has 2 atom stereocenters. The Bertz CT molecular complexity index is 596. The van der Waals surface area contributed by atoms with Crippen LogP contribution in [-0.2, 0) is 14.4 Å². The number of amides is 3. The molecule has 1 unspecified atom stereocenters. The van der Waals surface area contributed by atoms with Crippen LogP contribution in [0.2, 0.25) is 0 Å². The summed E-state index contributed by atoms with van der Waals surface area (Å²) in [6, 6.07) is -0.113. The zero-order valence-electron chi connectivity index (χ0n) is 15.9. The smallest absolute Gasteiger partial charge is 0.243 e. The van der Waals surface area contributed by atoms with Crippen molar-refractivity contribution < 1.29 is 19.6 Å². The number of rotatable bonds is 8. The van der Waals surface area contributed by atoms with Gasteiger partial charge < -0.3 is 10.2 Å². The van der Waals surface area contributed by atoms with Crippen molar-refractivity contribution in [1.29, 1.82) is 0 Å². The van der Waals surface area contributed by atoms with Crippen LogP contribution in [0.4, 0.5) is 0 Å². The average molecular weight is 377 g/mol. The quantitative estimate of drug-likeness (QED) is 0.383. The summed E-state index contributed by atoms with van der Waals surface area (Å²) in [7, 11) is 0. The first-order chi connectivity index (χ1) is 13.0. The maximum atomic E-state index is 13.4. The molecule has 1 spiro atoms. The number of likely N-dealkylation sites (tertiary alicyclic amines) is 1. The van der Waals surface area contributed by atoms with Crippen molar-refractivity contribution in [2.45, 2.75) is 76.3 Å². The highest BCUT2D eigenvalue weighted by atomic mass is 16.5. The fraction of sp³-hybridized carbons (Fsp3) is 0.850. The van der Waals surface area contributed by atoms with E-state index < -0.39 is 12.0 Å². The highest BCUT2D eigenvalue weighted by Gasteiger charge is 2.56. The Morgan fingerprint density at radius 2 is 1.93 bits per heavy atom. The predicted octanol–water partition coefficient (Wildman–Crippen LogP) is 1.69. The van der Waals surface area contributed by atoms with E-state index in [1.807, 2.05) is 0 Å². The molecule has 150 valence electrons. The molecule has 0 aromatic carbocycles. The lowest BCUT2D eigenvalue weighted by Crippen LogP contribution is -2.50. The van der Waals surface area contributed by atoms with E-state index in [9.17, 15) is 19.6 Å². The molecular formula is C20H31N3O4. The van der Waals surface area contributed by atoms with E-state index in [0.29, 0.717) is 30.4 Å². The van der Waals surface area contributed by atoms with Crippen molar-refractivity contribution in [3.05, 3.63) is 0 Å². The van der Waals surface area contributed by atoms with Crippen LogP contribution in [0.25, 0.3) is 0 Å². The van der Waals surface area contributed by atoms with Crippen LogP contribution in [0.5, 0.6) is 0 Å². The van der Waals surface area contributed by atoms with Gasteiger partial charge in [-0.1, -0.05) is 25.7 Å². The van der Waals surface area contributed by atoms with Gasteiger partial charge in [-0.15, -0.1) is 0 Å². The lowest BCUT2D eigenvalue weighted by Gasteiger charge is -2.30. The molecule has 0 bridgehead atoms. The zero-order chi connectivity index (χ0) is 19.0. The maximum absolute atomic E-state index is 13.4. The minimum absolute atomic E-state index is 0.0132. The second-order valence-corrected chi connectivity index (χ2v) is 9.28. The standard InChI is InChI=1S/C20H31N3O4/c24-13-22(27)11-15(9-14-3-1-2-4-14)19(26)23-12-20(7-8-20)10-17(23)18(25)21-16-5-6-16/h13-17,27H,1-12H2,(H,21,25)/t15?,17-/m0/s1. The van der Waals surface area contributed by atoms with Gasteiger partial charge in [0.25, 0.3) is 0 Å². The molecule has 0 aromatic heterocycles. The Morgan fingerprint density at radius 1 is 1.22 bits per heavy atom. The molecule has 3 aliphatic carbocycles. The molecule has 1 heterocycles. The van der Waals surface area contributed by atoms with Crippen molar-refractivity contribution in [3.63, 3.8) is 0 Å². The van der Waals surface area contributed by atoms with E-state index in [0.717, 1.165) is 44.9 Å². The van der Waals surface area contributed by atoms with Crippen molar-refractivity contribution in [2.24, 2.45) is 17.3 Å². The van der Waals surface area contributed by atoms with Crippen LogP contribution < -0.4 is 5.32 Å². The Hall–Kier alpha value is -1.63. The molecule has 7 heteroatoms. The van der Waals surface area contributed by atoms with Crippen LogP contribution in [0.3, 0.4) is 0 Å². The van der Waals surface area contributed by atoms with E-state index in [1.54, 1.807) is 4.90 Å². The summed E-state index contributed by atoms with van der Waals surface area (Å²) in [5, 5.41) is 13.4. The van der Waals surface area contributed by atoms with Gasteiger partial charge in [0.05, 0.1) is 12.5 Å². The van der Waals surface area contributed by atoms with Crippen molar-refractivity contribution in [1.82, 2.24) is 15.3 Å². The third-order valence-corrected chi connectivity index (χ3v) is 6.95. The minimum Gasteiger partial charge on any atom is -0.352 e. The summed E-state index contributed by atoms with van der Waals surface area (Å²) in [6.45, 7) is 0.654. The summed E-state index contributed by atoms with van der Waals surface area (Å²) in [5.74, 6) is -0.0586. The first-order valence-electron chi connectivity index (χ1n) is 10.5. The largest absolute Gasteiger partial charge is 0.352 e. The minimum atomic E-state index is -0.437. The van der Waals surface area contributed by atoms with Crippen LogP contribution in [0.1, 0.15) is 64.2 Å². The highest BCUT2D eigenvalue weighted by molar-refractivity contribution is 5.90. The second kappa shape index (κ2) is 7.41. The highest BCUT2D eigenvalue weighted by Crippen LogP contribution is 2.55. The number of nitrogens with zero attached hydrogens (tertiary/aromatic N) is 2. The summed E-state index contributed by atoms with van der Waals surface area (Å²) in [5.41, 5.74) is 0.128. The first kappa shape index (κ1) is 18.7. The van der Waals surface area contributed by atoms with Gasteiger partial charge in [-0.3, -0.25) is 19.6 Å². The molecule has 4 fully saturated rings. The molecule has 4 rings (SSSR count). The molecular weight excluding hydrogens is 346 g/mol. The summed E-state index contributed by atoms with van der Waals surface area (Å²) < 4.78 is 0. The molecule has 7 nitrogen and oxygen atoms in total. The van der Waals surface area contributed by atoms with E-state index in [4.69, 9.17) is 0 Å². The van der Waals surface area contributed by atoms with Crippen LogP contribution in [0, 0.1) is 17.3 Å². The number of hydroxylamine groups is 2. The number of hydrogen-bond donors (Lipinski definition) is 2. The van der Waals surface area contributed by atoms with E-state index in [2.05, 4.69) is 5.32 Å². The molecule has 4 aliphatic rings. The molecule has 0 aromatic rings. The Morgan fingerprint density at radius 3 is 2.52 bits per heavy atom. The third kappa shape index (κ3) is 4.28. The molecule has 2 N–H and O–H groups in total. The lowest BCUT2D eigenvalue weighted by atomic mass is 9.91. The maximum Gasteiger partial charge on any atom is 0.243 e. The average Bonchev–Trinajstić information content (AvgIpc) is 3.51. The van der Waals surface area contributed by atoms with Gasteiger partial charge in [0.15, 0.2) is 0 Å². The van der Waals surface area contributed by atoms with Gasteiger partial charge in [0.2, 0.25) is 18.2 Å². The fourth-order valence-electron chi connectivity index (χ4n) is 4.99. The fourth-order valence-corrected chi connectivity index (χ4v) is 4.99. The number of nitrogens with one attached hydrogen (secondary N) is 1. The van der Waals surface area contributed by atoms with E-state index >= 15 is 0 Å². The molecule has 0 radical (unpaired) electrons. The normalized spacial score (nSPS) is 27.6. The first-order valence-corrected chi connectivity index (χ1v) is 10.5. The van der Waals surface area contributed by atoms with E-state index in [-0.39, 0.29) is 29.8 Å². The number of carbonyl (C=O) groups is 3. The van der Waals surface area contributed by atoms with Gasteiger partial charge >= 0.3 is 0 Å². The van der Waals surface area contributed by atoms with Gasteiger partial charge in [0, 0.05) is 12.6 Å². The van der Waals surface area contributed by atoms with Crippen molar-refractivity contribution in [2.75, 3.05) is 13.1 Å². The molecule has 27 heavy (non-hydrogen) atoms. The van der Waals surface area contributed by atoms with Crippen LogP contribution in [0.15, 0.2) is 0 Å². The van der Waals surface area contributed by atoms with Crippen molar-refractivity contribution >= 4 is 18.2 Å². The lowest BCUT2D eigenvalue weighted by molar-refractivity contribution is -0.158. The topological polar surface area (TPSA) is 90.0 Å². The monoisotopic (exact) mass is 377 g/mol. The third-order valence-electron chi connectivity index (χ3n) is 6.95. The molecule has 1 saturated heterocycles.